The molecule has 1 aromatic heterocycles. The first-order valence-electron chi connectivity index (χ1n) is 5.14. The molecule has 0 spiro atoms. The van der Waals surface area contributed by atoms with Crippen molar-refractivity contribution in [3.63, 3.8) is 0 Å². The van der Waals surface area contributed by atoms with Crippen LogP contribution in [-0.2, 0) is 6.54 Å². The lowest BCUT2D eigenvalue weighted by Gasteiger charge is -2.05. The van der Waals surface area contributed by atoms with E-state index >= 15 is 0 Å². The molecule has 0 unspecified atom stereocenters. The van der Waals surface area contributed by atoms with Crippen LogP contribution in [0, 0.1) is 22.9 Å². The van der Waals surface area contributed by atoms with Gasteiger partial charge < -0.3 is 9.84 Å². The summed E-state index contributed by atoms with van der Waals surface area (Å²) in [5, 5.41) is 17.2. The van der Waals surface area contributed by atoms with Crippen LogP contribution in [0.3, 0.4) is 0 Å². The van der Waals surface area contributed by atoms with Gasteiger partial charge in [-0.2, -0.15) is 4.98 Å². The number of nitrogens with one attached hydrogen (secondary N) is 1. The Balaban J connectivity index is 2.23. The minimum atomic E-state index is -0.603. The maximum absolute atomic E-state index is 13.4. The Morgan fingerprint density at radius 1 is 1.58 bits per heavy atom. The first-order valence-corrected chi connectivity index (χ1v) is 5.93. The van der Waals surface area contributed by atoms with Gasteiger partial charge in [0.25, 0.3) is 5.69 Å². The van der Waals surface area contributed by atoms with Gasteiger partial charge in [0.15, 0.2) is 5.82 Å². The fourth-order valence-electron chi connectivity index (χ4n) is 1.42. The third-order valence-electron chi connectivity index (χ3n) is 2.24. The smallest absolute Gasteiger partial charge is 0.293 e. The van der Waals surface area contributed by atoms with E-state index in [0.717, 1.165) is 12.1 Å². The maximum atomic E-state index is 13.4. The first-order chi connectivity index (χ1) is 8.97. The molecule has 2 rings (SSSR count). The molecule has 0 aliphatic rings. The number of benzene rings is 1. The highest BCUT2D eigenvalue weighted by molar-refractivity contribution is 9.10. The van der Waals surface area contributed by atoms with Crippen LogP contribution in [0.25, 0.3) is 0 Å². The van der Waals surface area contributed by atoms with E-state index in [1.165, 1.54) is 0 Å². The summed E-state index contributed by atoms with van der Waals surface area (Å²) < 4.78 is 18.2. The van der Waals surface area contributed by atoms with Crippen molar-refractivity contribution in [3.05, 3.63) is 44.3 Å². The second-order valence-electron chi connectivity index (χ2n) is 3.62. The number of hydrogen-bond donors (Lipinski definition) is 1. The molecule has 1 N–H and O–H groups in total. The average Bonchev–Trinajstić information content (AvgIpc) is 2.76. The van der Waals surface area contributed by atoms with Gasteiger partial charge in [-0.3, -0.25) is 10.1 Å². The lowest BCUT2D eigenvalue weighted by molar-refractivity contribution is -0.384. The lowest BCUT2D eigenvalue weighted by atomic mass is 10.2. The lowest BCUT2D eigenvalue weighted by Crippen LogP contribution is -2.04. The largest absolute Gasteiger partial charge is 0.372 e. The normalized spacial score (nSPS) is 10.5. The fourth-order valence-corrected chi connectivity index (χ4v) is 1.75. The number of hydrogen-bond acceptors (Lipinski definition) is 6. The van der Waals surface area contributed by atoms with Gasteiger partial charge >= 0.3 is 0 Å². The van der Waals surface area contributed by atoms with E-state index in [1.54, 1.807) is 6.92 Å². The van der Waals surface area contributed by atoms with Crippen LogP contribution in [0.5, 0.6) is 0 Å². The number of nitrogens with zero attached hydrogens (tertiary/aromatic N) is 3. The van der Waals surface area contributed by atoms with Crippen LogP contribution < -0.4 is 5.32 Å². The first kappa shape index (κ1) is 13.4. The number of halogens is 2. The van der Waals surface area contributed by atoms with E-state index in [1.807, 2.05) is 0 Å². The molecule has 9 heteroatoms. The predicted octanol–water partition coefficient (Wildman–Crippen LogP) is 2.80. The van der Waals surface area contributed by atoms with E-state index in [2.05, 4.69) is 31.4 Å². The van der Waals surface area contributed by atoms with Crippen LogP contribution in [-0.4, -0.2) is 15.1 Å². The number of aromatic nitrogens is 2. The third-order valence-corrected chi connectivity index (χ3v) is 2.85. The average molecular weight is 331 g/mol. The Hall–Kier alpha value is -2.03. The monoisotopic (exact) mass is 330 g/mol. The Morgan fingerprint density at radius 3 is 2.89 bits per heavy atom. The van der Waals surface area contributed by atoms with Crippen LogP contribution in [0.2, 0.25) is 0 Å². The molecule has 19 heavy (non-hydrogen) atoms. The van der Waals surface area contributed by atoms with Gasteiger partial charge in [0.1, 0.15) is 11.5 Å². The van der Waals surface area contributed by atoms with Gasteiger partial charge in [-0.15, -0.1) is 0 Å². The number of anilines is 1. The van der Waals surface area contributed by atoms with E-state index in [4.69, 9.17) is 4.52 Å². The molecule has 0 aliphatic carbocycles. The topological polar surface area (TPSA) is 94.1 Å². The zero-order valence-electron chi connectivity index (χ0n) is 9.68. The number of nitro benzene ring substituents is 1. The van der Waals surface area contributed by atoms with Gasteiger partial charge in [0.2, 0.25) is 5.89 Å². The summed E-state index contributed by atoms with van der Waals surface area (Å²) in [5.41, 5.74) is -0.193. The van der Waals surface area contributed by atoms with Crippen molar-refractivity contribution in [3.8, 4) is 0 Å². The molecule has 2 aromatic rings. The highest BCUT2D eigenvalue weighted by Crippen LogP contribution is 2.30. The molecule has 0 radical (unpaired) electrons. The minimum absolute atomic E-state index is 0.0279. The third kappa shape index (κ3) is 3.05. The van der Waals surface area contributed by atoms with Crippen molar-refractivity contribution in [1.82, 2.24) is 10.1 Å². The molecular weight excluding hydrogens is 323 g/mol. The quantitative estimate of drug-likeness (QED) is 0.684. The summed E-state index contributed by atoms with van der Waals surface area (Å²) in [7, 11) is 0. The molecule has 0 atom stereocenters. The number of rotatable bonds is 4. The SMILES string of the molecule is Cc1nc(CNc2cc(F)c(Br)cc2[N+](=O)[O-])no1. The highest BCUT2D eigenvalue weighted by atomic mass is 79.9. The molecule has 0 saturated carbocycles. The summed E-state index contributed by atoms with van der Waals surface area (Å²) in [5.74, 6) is 0.112. The Bertz CT molecular complexity index is 631. The van der Waals surface area contributed by atoms with E-state index < -0.39 is 10.7 Å². The van der Waals surface area contributed by atoms with Gasteiger partial charge in [0.05, 0.1) is 15.9 Å². The van der Waals surface area contributed by atoms with E-state index in [0.29, 0.717) is 11.7 Å². The predicted molar refractivity (Wildman–Crippen MR) is 67.1 cm³/mol. The van der Waals surface area contributed by atoms with Crippen molar-refractivity contribution in [1.29, 1.82) is 0 Å². The molecular formula is C10H8BrFN4O3. The van der Waals surface area contributed by atoms with Gasteiger partial charge in [-0.05, 0) is 15.9 Å². The van der Waals surface area contributed by atoms with Crippen molar-refractivity contribution in [2.45, 2.75) is 13.5 Å². The second kappa shape index (κ2) is 5.31. The Morgan fingerprint density at radius 2 is 2.32 bits per heavy atom. The zero-order valence-corrected chi connectivity index (χ0v) is 11.3. The minimum Gasteiger partial charge on any atom is -0.372 e. The summed E-state index contributed by atoms with van der Waals surface area (Å²) in [6.45, 7) is 1.72. The van der Waals surface area contributed by atoms with Crippen LogP contribution in [0.4, 0.5) is 15.8 Å². The molecule has 0 amide bonds. The second-order valence-corrected chi connectivity index (χ2v) is 4.48. The summed E-state index contributed by atoms with van der Waals surface area (Å²) >= 11 is 2.90. The van der Waals surface area contributed by atoms with Crippen molar-refractivity contribution in [2.24, 2.45) is 0 Å². The van der Waals surface area contributed by atoms with Crippen molar-refractivity contribution >= 4 is 27.3 Å². The van der Waals surface area contributed by atoms with Crippen molar-refractivity contribution in [2.75, 3.05) is 5.32 Å². The summed E-state index contributed by atoms with van der Waals surface area (Å²) in [6.07, 6.45) is 0. The van der Waals surface area contributed by atoms with E-state index in [9.17, 15) is 14.5 Å². The molecule has 100 valence electrons. The van der Waals surface area contributed by atoms with Crippen LogP contribution in [0.15, 0.2) is 21.1 Å². The summed E-state index contributed by atoms with van der Waals surface area (Å²) in [6, 6.07) is 2.13. The molecule has 1 heterocycles. The fraction of sp³-hybridized carbons (Fsp3) is 0.200. The highest BCUT2D eigenvalue weighted by Gasteiger charge is 2.17. The standard InChI is InChI=1S/C10H8BrFN4O3/c1-5-14-10(15-19-5)4-13-8-3-7(12)6(11)2-9(8)16(17)18/h2-3,13H,4H2,1H3. The van der Waals surface area contributed by atoms with Gasteiger partial charge in [0, 0.05) is 19.1 Å². The number of aryl methyl sites for hydroxylation is 1. The van der Waals surface area contributed by atoms with Crippen molar-refractivity contribution < 1.29 is 13.8 Å². The zero-order chi connectivity index (χ0) is 14.0. The Kier molecular flexibility index (Phi) is 3.74. The Labute approximate surface area is 115 Å². The van der Waals surface area contributed by atoms with E-state index in [-0.39, 0.29) is 22.4 Å². The number of nitro groups is 1. The van der Waals surface area contributed by atoms with Gasteiger partial charge in [-0.1, -0.05) is 5.16 Å². The molecule has 0 saturated heterocycles. The van der Waals surface area contributed by atoms with Gasteiger partial charge in [-0.25, -0.2) is 4.39 Å². The van der Waals surface area contributed by atoms with Crippen LogP contribution in [0.1, 0.15) is 11.7 Å². The molecule has 0 fully saturated rings. The molecule has 0 aliphatic heterocycles. The van der Waals surface area contributed by atoms with Crippen LogP contribution >= 0.6 is 15.9 Å². The maximum Gasteiger partial charge on any atom is 0.293 e. The molecule has 1 aromatic carbocycles. The summed E-state index contributed by atoms with van der Waals surface area (Å²) in [4.78, 5) is 14.2. The molecule has 0 bridgehead atoms. The molecule has 7 nitrogen and oxygen atoms in total.